The van der Waals surface area contributed by atoms with Crippen LogP contribution in [0.1, 0.15) is 43.2 Å². The third-order valence-corrected chi connectivity index (χ3v) is 7.54. The summed E-state index contributed by atoms with van der Waals surface area (Å²) in [5.74, 6) is 0.309. The SMILES string of the molecule is O=C(CN1CCc2cnc(-c3ccncc3)cc2CC1)N1CCC(N2CCCCC2)CC1. The number of rotatable bonds is 4. The van der Waals surface area contributed by atoms with Crippen molar-refractivity contribution in [3.8, 4) is 11.3 Å². The van der Waals surface area contributed by atoms with Gasteiger partial charge in [-0.2, -0.15) is 0 Å². The molecular weight excluding hydrogens is 398 g/mol. The number of fused-ring (bicyclic) bond motifs is 1. The van der Waals surface area contributed by atoms with E-state index >= 15 is 0 Å². The average molecular weight is 434 g/mol. The molecule has 3 aliphatic heterocycles. The number of hydrogen-bond acceptors (Lipinski definition) is 5. The maximum atomic E-state index is 13.0. The van der Waals surface area contributed by atoms with E-state index in [9.17, 15) is 4.79 Å². The van der Waals surface area contributed by atoms with E-state index in [2.05, 4.69) is 30.7 Å². The van der Waals surface area contributed by atoms with Gasteiger partial charge in [0.25, 0.3) is 0 Å². The van der Waals surface area contributed by atoms with E-state index in [0.717, 1.165) is 63.1 Å². The molecule has 0 aliphatic carbocycles. The number of carbonyl (C=O) groups is 1. The predicted molar refractivity (Wildman–Crippen MR) is 126 cm³/mol. The van der Waals surface area contributed by atoms with Crippen LogP contribution < -0.4 is 0 Å². The Morgan fingerprint density at radius 2 is 1.62 bits per heavy atom. The van der Waals surface area contributed by atoms with Crippen LogP contribution in [0.3, 0.4) is 0 Å². The summed E-state index contributed by atoms with van der Waals surface area (Å²) < 4.78 is 0. The summed E-state index contributed by atoms with van der Waals surface area (Å²) in [7, 11) is 0. The monoisotopic (exact) mass is 433 g/mol. The molecule has 0 radical (unpaired) electrons. The molecule has 32 heavy (non-hydrogen) atoms. The van der Waals surface area contributed by atoms with Crippen LogP contribution in [-0.2, 0) is 17.6 Å². The molecule has 1 amide bonds. The van der Waals surface area contributed by atoms with Crippen molar-refractivity contribution in [2.24, 2.45) is 0 Å². The molecule has 5 rings (SSSR count). The van der Waals surface area contributed by atoms with Crippen molar-refractivity contribution < 1.29 is 4.79 Å². The van der Waals surface area contributed by atoms with Gasteiger partial charge in [0.05, 0.1) is 12.2 Å². The molecule has 0 bridgehead atoms. The molecule has 5 heterocycles. The highest BCUT2D eigenvalue weighted by atomic mass is 16.2. The third kappa shape index (κ3) is 5.02. The van der Waals surface area contributed by atoms with Gasteiger partial charge in [-0.15, -0.1) is 0 Å². The fraction of sp³-hybridized carbons (Fsp3) is 0.577. The van der Waals surface area contributed by atoms with Crippen LogP contribution >= 0.6 is 0 Å². The first kappa shape index (κ1) is 21.5. The molecule has 2 aromatic heterocycles. The maximum absolute atomic E-state index is 13.0. The smallest absolute Gasteiger partial charge is 0.236 e. The van der Waals surface area contributed by atoms with E-state index in [1.54, 1.807) is 0 Å². The Morgan fingerprint density at radius 3 is 2.38 bits per heavy atom. The molecule has 0 N–H and O–H groups in total. The second kappa shape index (κ2) is 10.1. The number of amides is 1. The largest absolute Gasteiger partial charge is 0.341 e. The number of carbonyl (C=O) groups excluding carboxylic acids is 1. The van der Waals surface area contributed by atoms with E-state index in [4.69, 9.17) is 0 Å². The summed E-state index contributed by atoms with van der Waals surface area (Å²) >= 11 is 0. The average Bonchev–Trinajstić information content (AvgIpc) is 3.07. The summed E-state index contributed by atoms with van der Waals surface area (Å²) in [6.07, 6.45) is 13.9. The standard InChI is InChI=1S/C26H35N5O/c32-26(31-16-8-24(9-17-31)30-12-2-1-3-13-30)20-29-14-6-22-18-25(21-4-10-27-11-5-21)28-19-23(22)7-15-29/h4-5,10-11,18-19,24H,1-3,6-9,12-17,20H2. The van der Waals surface area contributed by atoms with Gasteiger partial charge in [0.1, 0.15) is 0 Å². The number of piperidine rings is 2. The van der Waals surface area contributed by atoms with Gasteiger partial charge in [-0.3, -0.25) is 19.7 Å². The Kier molecular flexibility index (Phi) is 6.79. The highest BCUT2D eigenvalue weighted by Crippen LogP contribution is 2.23. The van der Waals surface area contributed by atoms with Crippen LogP contribution in [0, 0.1) is 0 Å². The third-order valence-electron chi connectivity index (χ3n) is 7.54. The van der Waals surface area contributed by atoms with Crippen molar-refractivity contribution in [1.29, 1.82) is 0 Å². The van der Waals surface area contributed by atoms with Gasteiger partial charge >= 0.3 is 0 Å². The lowest BCUT2D eigenvalue weighted by Crippen LogP contribution is -2.50. The topological polar surface area (TPSA) is 52.6 Å². The lowest BCUT2D eigenvalue weighted by molar-refractivity contribution is -0.134. The summed E-state index contributed by atoms with van der Waals surface area (Å²) in [5, 5.41) is 0. The van der Waals surface area contributed by atoms with E-state index in [0.29, 0.717) is 18.5 Å². The number of likely N-dealkylation sites (tertiary alicyclic amines) is 2. The normalized spacial score (nSPS) is 21.2. The van der Waals surface area contributed by atoms with Crippen LogP contribution in [-0.4, -0.2) is 82.4 Å². The zero-order valence-electron chi connectivity index (χ0n) is 19.1. The summed E-state index contributed by atoms with van der Waals surface area (Å²) in [6.45, 7) is 6.77. The first-order chi connectivity index (χ1) is 15.8. The number of nitrogens with zero attached hydrogens (tertiary/aromatic N) is 5. The molecule has 2 aromatic rings. The van der Waals surface area contributed by atoms with Crippen molar-refractivity contribution in [2.75, 3.05) is 45.8 Å². The minimum atomic E-state index is 0.309. The molecule has 0 saturated carbocycles. The second-order valence-electron chi connectivity index (χ2n) is 9.56. The molecular formula is C26H35N5O. The Morgan fingerprint density at radius 1 is 0.906 bits per heavy atom. The fourth-order valence-corrected chi connectivity index (χ4v) is 5.55. The van der Waals surface area contributed by atoms with Crippen LogP contribution in [0.2, 0.25) is 0 Å². The summed E-state index contributed by atoms with van der Waals surface area (Å²) in [5.41, 5.74) is 4.79. The molecule has 0 spiro atoms. The Hall–Kier alpha value is -2.31. The van der Waals surface area contributed by atoms with Crippen LogP contribution in [0.15, 0.2) is 36.8 Å². The zero-order valence-corrected chi connectivity index (χ0v) is 19.1. The van der Waals surface area contributed by atoms with Gasteiger partial charge < -0.3 is 9.80 Å². The number of hydrogen-bond donors (Lipinski definition) is 0. The number of aromatic nitrogens is 2. The van der Waals surface area contributed by atoms with Gasteiger partial charge in [-0.25, -0.2) is 0 Å². The minimum absolute atomic E-state index is 0.309. The molecule has 6 heteroatoms. The predicted octanol–water partition coefficient (Wildman–Crippen LogP) is 3.02. The first-order valence-corrected chi connectivity index (χ1v) is 12.4. The lowest BCUT2D eigenvalue weighted by atomic mass is 10.00. The van der Waals surface area contributed by atoms with Crippen molar-refractivity contribution in [1.82, 2.24) is 24.7 Å². The molecule has 2 saturated heterocycles. The van der Waals surface area contributed by atoms with E-state index < -0.39 is 0 Å². The van der Waals surface area contributed by atoms with Crippen LogP contribution in [0.25, 0.3) is 11.3 Å². The second-order valence-corrected chi connectivity index (χ2v) is 9.56. The number of pyridine rings is 2. The molecule has 0 atom stereocenters. The molecule has 6 nitrogen and oxygen atoms in total. The van der Waals surface area contributed by atoms with Crippen LogP contribution in [0.5, 0.6) is 0 Å². The van der Waals surface area contributed by atoms with Crippen molar-refractivity contribution in [3.05, 3.63) is 47.9 Å². The Labute approximate surface area is 191 Å². The van der Waals surface area contributed by atoms with Crippen molar-refractivity contribution in [3.63, 3.8) is 0 Å². The highest BCUT2D eigenvalue weighted by molar-refractivity contribution is 5.78. The maximum Gasteiger partial charge on any atom is 0.236 e. The van der Waals surface area contributed by atoms with Gasteiger partial charge in [0.15, 0.2) is 0 Å². The fourth-order valence-electron chi connectivity index (χ4n) is 5.55. The molecule has 0 unspecified atom stereocenters. The van der Waals surface area contributed by atoms with E-state index in [1.165, 1.54) is 43.5 Å². The van der Waals surface area contributed by atoms with Gasteiger partial charge in [0.2, 0.25) is 5.91 Å². The van der Waals surface area contributed by atoms with E-state index in [1.807, 2.05) is 30.7 Å². The summed E-state index contributed by atoms with van der Waals surface area (Å²) in [4.78, 5) is 28.9. The van der Waals surface area contributed by atoms with Crippen molar-refractivity contribution in [2.45, 2.75) is 51.0 Å². The Bertz CT molecular complexity index is 904. The van der Waals surface area contributed by atoms with Gasteiger partial charge in [-0.1, -0.05) is 6.42 Å². The highest BCUT2D eigenvalue weighted by Gasteiger charge is 2.28. The van der Waals surface area contributed by atoms with Crippen molar-refractivity contribution >= 4 is 5.91 Å². The lowest BCUT2D eigenvalue weighted by Gasteiger charge is -2.40. The molecule has 2 fully saturated rings. The first-order valence-electron chi connectivity index (χ1n) is 12.4. The quantitative estimate of drug-likeness (QED) is 0.742. The molecule has 3 aliphatic rings. The summed E-state index contributed by atoms with van der Waals surface area (Å²) in [6, 6.07) is 6.92. The molecule has 170 valence electrons. The van der Waals surface area contributed by atoms with Gasteiger partial charge in [0, 0.05) is 56.4 Å². The van der Waals surface area contributed by atoms with Crippen LogP contribution in [0.4, 0.5) is 0 Å². The minimum Gasteiger partial charge on any atom is -0.341 e. The Balaban J connectivity index is 1.13. The zero-order chi connectivity index (χ0) is 21.8. The van der Waals surface area contributed by atoms with Gasteiger partial charge in [-0.05, 0) is 80.9 Å². The molecule has 0 aromatic carbocycles. The van der Waals surface area contributed by atoms with E-state index in [-0.39, 0.29) is 0 Å².